The average molecular weight is 225 g/mol. The molecule has 0 spiro atoms. The highest BCUT2D eigenvalue weighted by Crippen LogP contribution is 2.00. The van der Waals surface area contributed by atoms with E-state index in [9.17, 15) is 13.8 Å². The summed E-state index contributed by atoms with van der Waals surface area (Å²) in [6.07, 6.45) is 2.64. The molecule has 0 fully saturated rings. The van der Waals surface area contributed by atoms with Gasteiger partial charge in [-0.2, -0.15) is 5.54 Å². The fourth-order valence-corrected chi connectivity index (χ4v) is 0.955. The van der Waals surface area contributed by atoms with Crippen molar-refractivity contribution >= 4 is 17.9 Å². The predicted octanol–water partition coefficient (Wildman–Crippen LogP) is 1.53. The number of halogens is 2. The molecule has 1 amide bonds. The van der Waals surface area contributed by atoms with Gasteiger partial charge in [-0.25, -0.2) is 0 Å². The van der Waals surface area contributed by atoms with Crippen molar-refractivity contribution in [3.05, 3.63) is 42.0 Å². The number of hydrogen-bond acceptors (Lipinski definition) is 2. The molecule has 2 N–H and O–H groups in total. The van der Waals surface area contributed by atoms with Crippen LogP contribution in [0.4, 0.5) is 8.96 Å². The highest BCUT2D eigenvalue weighted by Gasteiger charge is 2.01. The number of guanidine groups is 1. The Bertz CT molecular complexity index is 404. The van der Waals surface area contributed by atoms with Crippen molar-refractivity contribution in [2.24, 2.45) is 5.21 Å². The molecule has 4 nitrogen and oxygen atoms in total. The first-order valence-corrected chi connectivity index (χ1v) is 4.36. The number of hydrogen-bond donors (Lipinski definition) is 2. The van der Waals surface area contributed by atoms with Crippen molar-refractivity contribution in [3.63, 3.8) is 0 Å². The van der Waals surface area contributed by atoms with E-state index in [1.54, 1.807) is 24.3 Å². The summed E-state index contributed by atoms with van der Waals surface area (Å²) in [5.74, 6) is -1.58. The van der Waals surface area contributed by atoms with E-state index in [2.05, 4.69) is 0 Å². The third-order valence-corrected chi connectivity index (χ3v) is 1.64. The molecule has 16 heavy (non-hydrogen) atoms. The summed E-state index contributed by atoms with van der Waals surface area (Å²) in [7, 11) is 0. The summed E-state index contributed by atoms with van der Waals surface area (Å²) in [6.45, 7) is 0. The Labute approximate surface area is 90.6 Å². The van der Waals surface area contributed by atoms with Gasteiger partial charge in [0, 0.05) is 6.08 Å². The zero-order valence-electron chi connectivity index (χ0n) is 8.15. The van der Waals surface area contributed by atoms with Gasteiger partial charge >= 0.3 is 0 Å². The van der Waals surface area contributed by atoms with Crippen molar-refractivity contribution in [1.29, 1.82) is 0 Å². The Morgan fingerprint density at radius 1 is 1.31 bits per heavy atom. The summed E-state index contributed by atoms with van der Waals surface area (Å²) in [5, 5.41) is 3.82. The molecule has 0 unspecified atom stereocenters. The highest BCUT2D eigenvalue weighted by atomic mass is 19.2. The van der Waals surface area contributed by atoms with E-state index >= 15 is 0 Å². The number of carbonyl (C=O) groups excluding carboxylic acids is 1. The normalized spacial score (nSPS) is 11.5. The molecule has 1 rings (SSSR count). The monoisotopic (exact) mass is 225 g/mol. The zero-order chi connectivity index (χ0) is 11.8. The van der Waals surface area contributed by atoms with Crippen LogP contribution in [-0.2, 0) is 4.79 Å². The molecule has 0 aliphatic carbocycles. The molecule has 0 atom stereocenters. The van der Waals surface area contributed by atoms with Gasteiger partial charge in [-0.05, 0) is 16.9 Å². The van der Waals surface area contributed by atoms with E-state index in [4.69, 9.17) is 0 Å². The molecule has 0 aromatic heterocycles. The molecule has 0 aliphatic rings. The van der Waals surface area contributed by atoms with E-state index < -0.39 is 11.9 Å². The SMILES string of the molecule is O=C(C=Cc1ccccc1)NC(=NF)NF. The van der Waals surface area contributed by atoms with Crippen LogP contribution in [-0.4, -0.2) is 11.9 Å². The lowest BCUT2D eigenvalue weighted by Gasteiger charge is -1.99. The van der Waals surface area contributed by atoms with E-state index in [1.807, 2.05) is 16.6 Å². The molecule has 0 saturated carbocycles. The molecule has 0 saturated heterocycles. The maximum atomic E-state index is 11.7. The first kappa shape index (κ1) is 11.8. The Morgan fingerprint density at radius 2 is 2.00 bits per heavy atom. The summed E-state index contributed by atoms with van der Waals surface area (Å²) in [6, 6.07) is 8.99. The second kappa shape index (κ2) is 6.28. The van der Waals surface area contributed by atoms with Crippen molar-refractivity contribution in [3.8, 4) is 0 Å². The van der Waals surface area contributed by atoms with Crippen molar-refractivity contribution in [1.82, 2.24) is 10.9 Å². The minimum Gasteiger partial charge on any atom is -0.289 e. The van der Waals surface area contributed by atoms with Crippen molar-refractivity contribution in [2.75, 3.05) is 0 Å². The van der Waals surface area contributed by atoms with Gasteiger partial charge in [0.2, 0.25) is 0 Å². The lowest BCUT2D eigenvalue weighted by atomic mass is 10.2. The van der Waals surface area contributed by atoms with Gasteiger partial charge in [0.25, 0.3) is 11.9 Å². The van der Waals surface area contributed by atoms with Crippen LogP contribution in [0.25, 0.3) is 6.08 Å². The molecule has 1 aromatic rings. The molecular formula is C10H9F2N3O. The van der Waals surface area contributed by atoms with E-state index in [-0.39, 0.29) is 0 Å². The molecule has 1 aromatic carbocycles. The first-order valence-electron chi connectivity index (χ1n) is 4.36. The number of amides is 1. The predicted molar refractivity (Wildman–Crippen MR) is 56.4 cm³/mol. The molecule has 0 radical (unpaired) electrons. The number of nitrogens with one attached hydrogen (secondary N) is 2. The largest absolute Gasteiger partial charge is 0.289 e. The Morgan fingerprint density at radius 3 is 2.56 bits per heavy atom. The second-order valence-electron chi connectivity index (χ2n) is 2.76. The molecule has 0 aliphatic heterocycles. The quantitative estimate of drug-likeness (QED) is 0.347. The van der Waals surface area contributed by atoms with E-state index in [0.29, 0.717) is 0 Å². The number of nitrogens with zero attached hydrogens (tertiary/aromatic N) is 1. The average Bonchev–Trinajstić information content (AvgIpc) is 2.34. The van der Waals surface area contributed by atoms with Crippen LogP contribution in [0.2, 0.25) is 0 Å². The van der Waals surface area contributed by atoms with Crippen LogP contribution in [0, 0.1) is 0 Å². The van der Waals surface area contributed by atoms with Gasteiger partial charge in [0.1, 0.15) is 0 Å². The lowest BCUT2D eigenvalue weighted by Crippen LogP contribution is -2.35. The Balaban J connectivity index is 2.55. The molecular weight excluding hydrogens is 216 g/mol. The Hall–Kier alpha value is -2.24. The maximum absolute atomic E-state index is 11.7. The third-order valence-electron chi connectivity index (χ3n) is 1.64. The first-order chi connectivity index (χ1) is 7.76. The van der Waals surface area contributed by atoms with Crippen LogP contribution in [0.5, 0.6) is 0 Å². The van der Waals surface area contributed by atoms with Gasteiger partial charge in [0.15, 0.2) is 0 Å². The topological polar surface area (TPSA) is 53.5 Å². The summed E-state index contributed by atoms with van der Waals surface area (Å²) >= 11 is 0. The van der Waals surface area contributed by atoms with Gasteiger partial charge in [-0.15, -0.1) is 4.48 Å². The summed E-state index contributed by atoms with van der Waals surface area (Å²) in [5.41, 5.74) is 1.69. The summed E-state index contributed by atoms with van der Waals surface area (Å²) < 4.78 is 23.3. The fourth-order valence-electron chi connectivity index (χ4n) is 0.955. The number of carbonyl (C=O) groups is 1. The van der Waals surface area contributed by atoms with Gasteiger partial charge in [-0.3, -0.25) is 10.1 Å². The van der Waals surface area contributed by atoms with E-state index in [0.717, 1.165) is 17.2 Å². The van der Waals surface area contributed by atoms with Gasteiger partial charge in [-0.1, -0.05) is 34.8 Å². The second-order valence-corrected chi connectivity index (χ2v) is 2.76. The number of rotatable bonds is 2. The van der Waals surface area contributed by atoms with Gasteiger partial charge in [0.05, 0.1) is 0 Å². The fraction of sp³-hybridized carbons (Fsp3) is 0. The third kappa shape index (κ3) is 3.87. The molecule has 6 heteroatoms. The number of benzene rings is 1. The van der Waals surface area contributed by atoms with Crippen molar-refractivity contribution in [2.45, 2.75) is 0 Å². The molecule has 84 valence electrons. The maximum Gasteiger partial charge on any atom is 0.261 e. The van der Waals surface area contributed by atoms with E-state index in [1.165, 1.54) is 6.08 Å². The van der Waals surface area contributed by atoms with Crippen LogP contribution in [0.1, 0.15) is 5.56 Å². The highest BCUT2D eigenvalue weighted by molar-refractivity contribution is 6.03. The van der Waals surface area contributed by atoms with Gasteiger partial charge < -0.3 is 0 Å². The van der Waals surface area contributed by atoms with Crippen LogP contribution in [0.3, 0.4) is 0 Å². The lowest BCUT2D eigenvalue weighted by molar-refractivity contribution is -0.115. The van der Waals surface area contributed by atoms with Crippen LogP contribution >= 0.6 is 0 Å². The minimum absolute atomic E-state index is 0.689. The Kier molecular flexibility index (Phi) is 4.65. The van der Waals surface area contributed by atoms with Crippen LogP contribution in [0.15, 0.2) is 41.6 Å². The molecule has 0 heterocycles. The summed E-state index contributed by atoms with van der Waals surface area (Å²) in [4.78, 5) is 11.1. The van der Waals surface area contributed by atoms with Crippen LogP contribution < -0.4 is 10.9 Å². The minimum atomic E-state index is -0.886. The smallest absolute Gasteiger partial charge is 0.261 e. The molecule has 0 bridgehead atoms. The standard InChI is InChI=1S/C10H9F2N3O/c11-14-10(15-12)13-9(16)7-6-8-4-2-1-3-5-8/h1-7H,(H2,13,14,15,16). The van der Waals surface area contributed by atoms with Crippen molar-refractivity contribution < 1.29 is 13.8 Å². The zero-order valence-corrected chi connectivity index (χ0v) is 8.15.